The van der Waals surface area contributed by atoms with Gasteiger partial charge in [0.2, 0.25) is 0 Å². The summed E-state index contributed by atoms with van der Waals surface area (Å²) in [5, 5.41) is 0. The Bertz CT molecular complexity index is 332. The van der Waals surface area contributed by atoms with Gasteiger partial charge in [0.05, 0.1) is 19.8 Å². The van der Waals surface area contributed by atoms with E-state index in [9.17, 15) is 4.79 Å². The highest BCUT2D eigenvalue weighted by molar-refractivity contribution is 5.86. The second-order valence-electron chi connectivity index (χ2n) is 5.29. The molecule has 1 atom stereocenters. The fraction of sp³-hybridized carbons (Fsp3) is 0.800. The van der Waals surface area contributed by atoms with Crippen LogP contribution in [0.1, 0.15) is 33.6 Å². The van der Waals surface area contributed by atoms with E-state index in [1.807, 2.05) is 0 Å². The van der Waals surface area contributed by atoms with E-state index in [2.05, 4.69) is 25.3 Å². The van der Waals surface area contributed by atoms with Crippen molar-refractivity contribution in [2.24, 2.45) is 0 Å². The third kappa shape index (κ3) is 5.23. The molecule has 0 aromatic carbocycles. The molecule has 1 saturated heterocycles. The number of esters is 1. The first-order valence-electron chi connectivity index (χ1n) is 7.29. The number of nitrogens with zero attached hydrogens (tertiary/aromatic N) is 1. The second kappa shape index (κ2) is 8.39. The normalized spacial score (nSPS) is 22.9. The van der Waals surface area contributed by atoms with Gasteiger partial charge in [0, 0.05) is 18.7 Å². The summed E-state index contributed by atoms with van der Waals surface area (Å²) in [4.78, 5) is 13.5. The van der Waals surface area contributed by atoms with E-state index in [1.165, 1.54) is 0 Å². The SMILES string of the molecule is C=C(C)C(=O)OCCOCCN1CCOC1(C)CCC. The van der Waals surface area contributed by atoms with E-state index in [0.29, 0.717) is 18.8 Å². The number of hydrogen-bond donors (Lipinski definition) is 0. The Balaban J connectivity index is 2.12. The summed E-state index contributed by atoms with van der Waals surface area (Å²) >= 11 is 0. The standard InChI is InChI=1S/C15H27NO4/c1-5-6-15(4)16(8-10-20-15)7-9-18-11-12-19-14(17)13(2)3/h2,5-12H2,1,3-4H3. The third-order valence-electron chi connectivity index (χ3n) is 3.47. The van der Waals surface area contributed by atoms with Crippen LogP contribution >= 0.6 is 0 Å². The largest absolute Gasteiger partial charge is 0.460 e. The number of carbonyl (C=O) groups excluding carboxylic acids is 1. The predicted molar refractivity (Wildman–Crippen MR) is 77.4 cm³/mol. The Morgan fingerprint density at radius 2 is 2.15 bits per heavy atom. The minimum absolute atomic E-state index is 0.148. The van der Waals surface area contributed by atoms with Gasteiger partial charge in [-0.2, -0.15) is 0 Å². The lowest BCUT2D eigenvalue weighted by molar-refractivity contribution is -0.140. The van der Waals surface area contributed by atoms with Gasteiger partial charge in [-0.15, -0.1) is 0 Å². The van der Waals surface area contributed by atoms with Crippen LogP contribution in [0.2, 0.25) is 0 Å². The van der Waals surface area contributed by atoms with Crippen LogP contribution in [0, 0.1) is 0 Å². The van der Waals surface area contributed by atoms with Crippen LogP contribution in [0.3, 0.4) is 0 Å². The molecule has 1 aliphatic rings. The summed E-state index contributed by atoms with van der Waals surface area (Å²) in [6.07, 6.45) is 2.13. The molecule has 0 aromatic heterocycles. The lowest BCUT2D eigenvalue weighted by Crippen LogP contribution is -2.43. The van der Waals surface area contributed by atoms with Gasteiger partial charge in [0.1, 0.15) is 12.3 Å². The maximum absolute atomic E-state index is 11.1. The van der Waals surface area contributed by atoms with Crippen LogP contribution < -0.4 is 0 Å². The zero-order valence-corrected chi connectivity index (χ0v) is 12.9. The molecular formula is C15H27NO4. The maximum atomic E-state index is 11.1. The highest BCUT2D eigenvalue weighted by Crippen LogP contribution is 2.27. The number of rotatable bonds is 9. The Labute approximate surface area is 121 Å². The molecule has 1 aliphatic heterocycles. The zero-order valence-electron chi connectivity index (χ0n) is 12.9. The van der Waals surface area contributed by atoms with Gasteiger partial charge in [0.25, 0.3) is 0 Å². The third-order valence-corrected chi connectivity index (χ3v) is 3.47. The molecular weight excluding hydrogens is 258 g/mol. The lowest BCUT2D eigenvalue weighted by atomic mass is 10.1. The summed E-state index contributed by atoms with van der Waals surface area (Å²) in [6, 6.07) is 0. The summed E-state index contributed by atoms with van der Waals surface area (Å²) in [5.74, 6) is -0.364. The van der Waals surface area contributed by atoms with Gasteiger partial charge < -0.3 is 14.2 Å². The Morgan fingerprint density at radius 3 is 2.80 bits per heavy atom. The lowest BCUT2D eigenvalue weighted by Gasteiger charge is -2.33. The highest BCUT2D eigenvalue weighted by Gasteiger charge is 2.36. The van der Waals surface area contributed by atoms with E-state index in [1.54, 1.807) is 6.92 Å². The molecule has 5 heteroatoms. The van der Waals surface area contributed by atoms with E-state index < -0.39 is 0 Å². The fourth-order valence-corrected chi connectivity index (χ4v) is 2.34. The van der Waals surface area contributed by atoms with Gasteiger partial charge in [-0.05, 0) is 20.3 Å². The van der Waals surface area contributed by atoms with Crippen molar-refractivity contribution in [1.29, 1.82) is 0 Å². The van der Waals surface area contributed by atoms with Crippen LogP contribution in [-0.2, 0) is 19.0 Å². The van der Waals surface area contributed by atoms with Crippen molar-refractivity contribution in [3.63, 3.8) is 0 Å². The molecule has 0 aliphatic carbocycles. The molecule has 0 radical (unpaired) electrons. The smallest absolute Gasteiger partial charge is 0.333 e. The first kappa shape index (κ1) is 17.1. The van der Waals surface area contributed by atoms with E-state index >= 15 is 0 Å². The average molecular weight is 285 g/mol. The van der Waals surface area contributed by atoms with Crippen molar-refractivity contribution in [1.82, 2.24) is 4.90 Å². The van der Waals surface area contributed by atoms with Gasteiger partial charge in [-0.3, -0.25) is 4.90 Å². The van der Waals surface area contributed by atoms with Crippen LogP contribution in [0.5, 0.6) is 0 Å². The second-order valence-corrected chi connectivity index (χ2v) is 5.29. The molecule has 0 amide bonds. The van der Waals surface area contributed by atoms with Crippen molar-refractivity contribution in [3.8, 4) is 0 Å². The van der Waals surface area contributed by atoms with Crippen LogP contribution in [0.25, 0.3) is 0 Å². The Kier molecular flexibility index (Phi) is 7.19. The molecule has 1 rings (SSSR count). The topological polar surface area (TPSA) is 48.0 Å². The van der Waals surface area contributed by atoms with Gasteiger partial charge >= 0.3 is 5.97 Å². The van der Waals surface area contributed by atoms with E-state index in [4.69, 9.17) is 14.2 Å². The maximum Gasteiger partial charge on any atom is 0.333 e. The fourth-order valence-electron chi connectivity index (χ4n) is 2.34. The Hall–Kier alpha value is -0.910. The van der Waals surface area contributed by atoms with Crippen molar-refractivity contribution < 1.29 is 19.0 Å². The summed E-state index contributed by atoms with van der Waals surface area (Å²) in [6.45, 7) is 13.3. The van der Waals surface area contributed by atoms with Crippen molar-refractivity contribution >= 4 is 5.97 Å². The van der Waals surface area contributed by atoms with Crippen molar-refractivity contribution in [2.75, 3.05) is 39.5 Å². The molecule has 1 unspecified atom stereocenters. The summed E-state index contributed by atoms with van der Waals surface area (Å²) in [5.41, 5.74) is 0.263. The van der Waals surface area contributed by atoms with Crippen molar-refractivity contribution in [3.05, 3.63) is 12.2 Å². The zero-order chi connectivity index (χ0) is 15.0. The van der Waals surface area contributed by atoms with Gasteiger partial charge in [-0.1, -0.05) is 19.9 Å². The first-order chi connectivity index (χ1) is 9.49. The van der Waals surface area contributed by atoms with Crippen LogP contribution in [0.15, 0.2) is 12.2 Å². The number of hydrogen-bond acceptors (Lipinski definition) is 5. The summed E-state index contributed by atoms with van der Waals surface area (Å²) < 4.78 is 16.3. The Morgan fingerprint density at radius 1 is 1.40 bits per heavy atom. The molecule has 0 bridgehead atoms. The number of ether oxygens (including phenoxy) is 3. The molecule has 1 heterocycles. The van der Waals surface area contributed by atoms with Gasteiger partial charge in [-0.25, -0.2) is 4.79 Å². The van der Waals surface area contributed by atoms with E-state index in [-0.39, 0.29) is 18.3 Å². The minimum atomic E-state index is -0.364. The molecule has 0 aromatic rings. The van der Waals surface area contributed by atoms with Gasteiger partial charge in [0.15, 0.2) is 0 Å². The van der Waals surface area contributed by atoms with Crippen LogP contribution in [0.4, 0.5) is 0 Å². The number of carbonyl (C=O) groups is 1. The van der Waals surface area contributed by atoms with E-state index in [0.717, 1.165) is 32.5 Å². The van der Waals surface area contributed by atoms with Crippen LogP contribution in [-0.4, -0.2) is 56.1 Å². The molecule has 0 N–H and O–H groups in total. The highest BCUT2D eigenvalue weighted by atomic mass is 16.6. The molecule has 20 heavy (non-hydrogen) atoms. The summed E-state index contributed by atoms with van der Waals surface area (Å²) in [7, 11) is 0. The average Bonchev–Trinajstić information content (AvgIpc) is 2.75. The first-order valence-corrected chi connectivity index (χ1v) is 7.29. The van der Waals surface area contributed by atoms with Crippen molar-refractivity contribution in [2.45, 2.75) is 39.3 Å². The minimum Gasteiger partial charge on any atom is -0.460 e. The molecule has 116 valence electrons. The quantitative estimate of drug-likeness (QED) is 0.368. The molecule has 0 saturated carbocycles. The molecule has 5 nitrogen and oxygen atoms in total. The molecule has 0 spiro atoms. The monoisotopic (exact) mass is 285 g/mol. The molecule has 1 fully saturated rings. The predicted octanol–water partition coefficient (Wildman–Crippen LogP) is 1.97.